The van der Waals surface area contributed by atoms with Crippen LogP contribution < -0.4 is 0 Å². The molecule has 0 unspecified atom stereocenters. The highest BCUT2D eigenvalue weighted by Crippen LogP contribution is 2.03. The number of benzene rings is 1. The Bertz CT molecular complexity index is 337. The van der Waals surface area contributed by atoms with Crippen molar-refractivity contribution < 1.29 is 14.7 Å². The summed E-state index contributed by atoms with van der Waals surface area (Å²) in [7, 11) is 0. The molecule has 1 aromatic carbocycles. The Balaban J connectivity index is 2.33. The molecule has 1 N–H and O–H groups in total. The van der Waals surface area contributed by atoms with Gasteiger partial charge >= 0.3 is 6.09 Å². The highest BCUT2D eigenvalue weighted by Gasteiger charge is 2.09. The molecule has 1 aromatic rings. The maximum absolute atomic E-state index is 10.7. The van der Waals surface area contributed by atoms with Gasteiger partial charge in [0.25, 0.3) is 0 Å². The minimum atomic E-state index is -1.04. The molecular weight excluding hydrogens is 206 g/mol. The van der Waals surface area contributed by atoms with E-state index in [-0.39, 0.29) is 6.54 Å². The predicted octanol–water partition coefficient (Wildman–Crippen LogP) is 1.80. The third-order valence-electron chi connectivity index (χ3n) is 2.30. The molecule has 16 heavy (non-hydrogen) atoms. The zero-order valence-corrected chi connectivity index (χ0v) is 9.00. The van der Waals surface area contributed by atoms with Crippen LogP contribution in [0, 0.1) is 0 Å². The van der Waals surface area contributed by atoms with Gasteiger partial charge in [-0.25, -0.2) is 4.79 Å². The van der Waals surface area contributed by atoms with Gasteiger partial charge in [0.05, 0.1) is 6.54 Å². The van der Waals surface area contributed by atoms with Crippen LogP contribution in [0.25, 0.3) is 0 Å². The van der Waals surface area contributed by atoms with Crippen LogP contribution in [0.15, 0.2) is 30.3 Å². The number of aldehydes is 1. The summed E-state index contributed by atoms with van der Waals surface area (Å²) in [5.41, 5.74) is 1.18. The van der Waals surface area contributed by atoms with Crippen LogP contribution in [-0.4, -0.2) is 35.5 Å². The molecule has 1 amide bonds. The highest BCUT2D eigenvalue weighted by molar-refractivity contribution is 5.69. The third-order valence-corrected chi connectivity index (χ3v) is 2.30. The number of carbonyl (C=O) groups excluding carboxylic acids is 1. The van der Waals surface area contributed by atoms with E-state index < -0.39 is 6.09 Å². The van der Waals surface area contributed by atoms with Crippen LogP contribution >= 0.6 is 0 Å². The van der Waals surface area contributed by atoms with Crippen molar-refractivity contribution in [3.63, 3.8) is 0 Å². The van der Waals surface area contributed by atoms with E-state index in [0.29, 0.717) is 12.8 Å². The van der Waals surface area contributed by atoms with Gasteiger partial charge < -0.3 is 14.8 Å². The number of hydrogen-bond acceptors (Lipinski definition) is 2. The fourth-order valence-electron chi connectivity index (χ4n) is 1.47. The predicted molar refractivity (Wildman–Crippen MR) is 60.4 cm³/mol. The van der Waals surface area contributed by atoms with Gasteiger partial charge in [0.15, 0.2) is 0 Å². The first kappa shape index (κ1) is 12.2. The number of nitrogens with zero attached hydrogens (tertiary/aromatic N) is 1. The van der Waals surface area contributed by atoms with Crippen molar-refractivity contribution in [3.8, 4) is 0 Å². The second-order valence-corrected chi connectivity index (χ2v) is 3.48. The molecule has 4 nitrogen and oxygen atoms in total. The average Bonchev–Trinajstić information content (AvgIpc) is 2.29. The maximum Gasteiger partial charge on any atom is 0.407 e. The SMILES string of the molecule is O=CCN(CCCc1ccccc1)C(=O)O. The molecule has 0 fully saturated rings. The molecule has 0 aliphatic rings. The Morgan fingerprint density at radius 2 is 2.00 bits per heavy atom. The van der Waals surface area contributed by atoms with Crippen LogP contribution in [0.3, 0.4) is 0 Å². The van der Waals surface area contributed by atoms with Crippen molar-refractivity contribution in [3.05, 3.63) is 35.9 Å². The Kier molecular flexibility index (Phi) is 5.05. The highest BCUT2D eigenvalue weighted by atomic mass is 16.4. The Morgan fingerprint density at radius 3 is 2.56 bits per heavy atom. The second kappa shape index (κ2) is 6.61. The third kappa shape index (κ3) is 4.13. The van der Waals surface area contributed by atoms with Gasteiger partial charge in [-0.1, -0.05) is 30.3 Å². The minimum Gasteiger partial charge on any atom is -0.465 e. The number of carboxylic acid groups (broad SMARTS) is 1. The fourth-order valence-corrected chi connectivity index (χ4v) is 1.47. The van der Waals surface area contributed by atoms with Crippen LogP contribution in [-0.2, 0) is 11.2 Å². The molecule has 0 aliphatic carbocycles. The smallest absolute Gasteiger partial charge is 0.407 e. The second-order valence-electron chi connectivity index (χ2n) is 3.48. The quantitative estimate of drug-likeness (QED) is 0.745. The zero-order valence-electron chi connectivity index (χ0n) is 9.00. The largest absolute Gasteiger partial charge is 0.465 e. The normalized spacial score (nSPS) is 9.75. The number of amides is 1. The molecule has 0 aliphatic heterocycles. The molecular formula is C12H15NO3. The first-order chi connectivity index (χ1) is 7.74. The van der Waals surface area contributed by atoms with Crippen LogP contribution in [0.4, 0.5) is 4.79 Å². The lowest BCUT2D eigenvalue weighted by Crippen LogP contribution is -2.32. The van der Waals surface area contributed by atoms with Gasteiger partial charge in [0.1, 0.15) is 6.29 Å². The molecule has 1 rings (SSSR count). The van der Waals surface area contributed by atoms with Crippen molar-refractivity contribution in [1.82, 2.24) is 4.90 Å². The zero-order chi connectivity index (χ0) is 11.8. The molecule has 0 saturated heterocycles. The van der Waals surface area contributed by atoms with Crippen molar-refractivity contribution in [2.45, 2.75) is 12.8 Å². The maximum atomic E-state index is 10.7. The molecule has 0 heterocycles. The van der Waals surface area contributed by atoms with Crippen LogP contribution in [0.2, 0.25) is 0 Å². The lowest BCUT2D eigenvalue weighted by molar-refractivity contribution is -0.108. The summed E-state index contributed by atoms with van der Waals surface area (Å²) in [5, 5.41) is 8.77. The first-order valence-electron chi connectivity index (χ1n) is 5.19. The number of hydrogen-bond donors (Lipinski definition) is 1. The molecule has 0 aromatic heterocycles. The van der Waals surface area contributed by atoms with E-state index in [4.69, 9.17) is 5.11 Å². The number of rotatable bonds is 6. The van der Waals surface area contributed by atoms with E-state index in [1.807, 2.05) is 30.3 Å². The molecule has 0 spiro atoms. The summed E-state index contributed by atoms with van der Waals surface area (Å²) in [6, 6.07) is 9.86. The Morgan fingerprint density at radius 1 is 1.31 bits per heavy atom. The van der Waals surface area contributed by atoms with E-state index in [9.17, 15) is 9.59 Å². The average molecular weight is 221 g/mol. The topological polar surface area (TPSA) is 57.6 Å². The molecule has 86 valence electrons. The van der Waals surface area contributed by atoms with Gasteiger partial charge in [-0.05, 0) is 18.4 Å². The summed E-state index contributed by atoms with van der Waals surface area (Å²) < 4.78 is 0. The van der Waals surface area contributed by atoms with Crippen molar-refractivity contribution in [1.29, 1.82) is 0 Å². The number of aryl methyl sites for hydroxylation is 1. The van der Waals surface area contributed by atoms with E-state index in [2.05, 4.69) is 0 Å². The van der Waals surface area contributed by atoms with Gasteiger partial charge in [0.2, 0.25) is 0 Å². The van der Waals surface area contributed by atoms with E-state index >= 15 is 0 Å². The minimum absolute atomic E-state index is 0.0515. The Hall–Kier alpha value is -1.84. The summed E-state index contributed by atoms with van der Waals surface area (Å²) in [5.74, 6) is 0. The van der Waals surface area contributed by atoms with Crippen LogP contribution in [0.1, 0.15) is 12.0 Å². The van der Waals surface area contributed by atoms with Crippen molar-refractivity contribution >= 4 is 12.4 Å². The van der Waals surface area contributed by atoms with E-state index in [1.54, 1.807) is 0 Å². The summed E-state index contributed by atoms with van der Waals surface area (Å²) in [6.07, 6.45) is 1.12. The lowest BCUT2D eigenvalue weighted by Gasteiger charge is -2.15. The standard InChI is InChI=1S/C12H15NO3/c14-10-9-13(12(15)16)8-4-7-11-5-2-1-3-6-11/h1-3,5-6,10H,4,7-9H2,(H,15,16). The monoisotopic (exact) mass is 221 g/mol. The van der Waals surface area contributed by atoms with E-state index in [1.165, 1.54) is 5.56 Å². The van der Waals surface area contributed by atoms with Gasteiger partial charge in [-0.15, -0.1) is 0 Å². The van der Waals surface area contributed by atoms with Crippen LogP contribution in [0.5, 0.6) is 0 Å². The molecule has 0 radical (unpaired) electrons. The summed E-state index contributed by atoms with van der Waals surface area (Å²) in [6.45, 7) is 0.340. The molecule has 4 heteroatoms. The van der Waals surface area contributed by atoms with Crippen molar-refractivity contribution in [2.75, 3.05) is 13.1 Å². The van der Waals surface area contributed by atoms with Gasteiger partial charge in [-0.3, -0.25) is 0 Å². The fraction of sp³-hybridized carbons (Fsp3) is 0.333. The lowest BCUT2D eigenvalue weighted by atomic mass is 10.1. The molecule has 0 atom stereocenters. The van der Waals surface area contributed by atoms with Crippen molar-refractivity contribution in [2.24, 2.45) is 0 Å². The summed E-state index contributed by atoms with van der Waals surface area (Å²) in [4.78, 5) is 22.1. The Labute approximate surface area is 94.5 Å². The van der Waals surface area contributed by atoms with Gasteiger partial charge in [-0.2, -0.15) is 0 Å². The van der Waals surface area contributed by atoms with E-state index in [0.717, 1.165) is 17.7 Å². The molecule has 0 saturated carbocycles. The first-order valence-corrected chi connectivity index (χ1v) is 5.19. The van der Waals surface area contributed by atoms with Gasteiger partial charge in [0, 0.05) is 6.54 Å². The number of carbonyl (C=O) groups is 2. The summed E-state index contributed by atoms with van der Waals surface area (Å²) >= 11 is 0. The molecule has 0 bridgehead atoms.